The first-order chi connectivity index (χ1) is 8.56. The van der Waals surface area contributed by atoms with Gasteiger partial charge in [0, 0.05) is 25.2 Å². The highest BCUT2D eigenvalue weighted by Crippen LogP contribution is 2.22. The molecule has 2 rings (SSSR count). The monoisotopic (exact) mass is 246 g/mol. The third-order valence-electron chi connectivity index (χ3n) is 3.53. The third-order valence-corrected chi connectivity index (χ3v) is 3.53. The number of carbonyl (C=O) groups excluding carboxylic acids is 1. The average Bonchev–Trinajstić information content (AvgIpc) is 2.34. The molecular formula is C15H22N2O. The Bertz CT molecular complexity index is 440. The first-order valence-corrected chi connectivity index (χ1v) is 6.71. The summed E-state index contributed by atoms with van der Waals surface area (Å²) >= 11 is 0. The fourth-order valence-corrected chi connectivity index (χ4v) is 2.36. The molecule has 98 valence electrons. The van der Waals surface area contributed by atoms with Crippen molar-refractivity contribution in [2.24, 2.45) is 5.92 Å². The summed E-state index contributed by atoms with van der Waals surface area (Å²) in [6.07, 6.45) is 2.58. The first kappa shape index (κ1) is 12.9. The lowest BCUT2D eigenvalue weighted by Crippen LogP contribution is -2.36. The van der Waals surface area contributed by atoms with E-state index in [1.54, 1.807) is 0 Å². The number of nitrogen functional groups attached to an aromatic ring is 1. The van der Waals surface area contributed by atoms with Crippen LogP contribution in [0.1, 0.15) is 37.8 Å². The smallest absolute Gasteiger partial charge is 0.222 e. The fourth-order valence-electron chi connectivity index (χ4n) is 2.36. The van der Waals surface area contributed by atoms with Crippen molar-refractivity contribution in [2.45, 2.75) is 39.7 Å². The molecule has 0 aliphatic carbocycles. The van der Waals surface area contributed by atoms with Crippen LogP contribution in [-0.2, 0) is 17.8 Å². The second kappa shape index (κ2) is 5.42. The first-order valence-electron chi connectivity index (χ1n) is 6.71. The quantitative estimate of drug-likeness (QED) is 0.833. The van der Waals surface area contributed by atoms with Crippen molar-refractivity contribution in [3.8, 4) is 0 Å². The van der Waals surface area contributed by atoms with Crippen LogP contribution in [0.15, 0.2) is 18.2 Å². The Morgan fingerprint density at radius 1 is 1.39 bits per heavy atom. The van der Waals surface area contributed by atoms with Gasteiger partial charge in [-0.05, 0) is 42.0 Å². The molecule has 0 saturated heterocycles. The zero-order valence-corrected chi connectivity index (χ0v) is 11.3. The second-order valence-corrected chi connectivity index (χ2v) is 5.53. The van der Waals surface area contributed by atoms with Crippen LogP contribution in [0.25, 0.3) is 0 Å². The van der Waals surface area contributed by atoms with E-state index in [4.69, 9.17) is 5.73 Å². The molecule has 1 heterocycles. The van der Waals surface area contributed by atoms with Gasteiger partial charge in [-0.3, -0.25) is 4.79 Å². The molecule has 0 spiro atoms. The van der Waals surface area contributed by atoms with E-state index in [0.29, 0.717) is 12.3 Å². The van der Waals surface area contributed by atoms with Gasteiger partial charge in [0.25, 0.3) is 0 Å². The van der Waals surface area contributed by atoms with Gasteiger partial charge in [0.05, 0.1) is 0 Å². The molecule has 1 aromatic rings. The Labute approximate surface area is 109 Å². The lowest BCUT2D eigenvalue weighted by atomic mass is 9.98. The minimum atomic E-state index is 0.275. The number of amides is 1. The van der Waals surface area contributed by atoms with Crippen LogP contribution in [0, 0.1) is 5.92 Å². The highest BCUT2D eigenvalue weighted by Gasteiger charge is 2.20. The van der Waals surface area contributed by atoms with E-state index in [9.17, 15) is 4.79 Å². The Morgan fingerprint density at radius 3 is 2.89 bits per heavy atom. The zero-order valence-electron chi connectivity index (χ0n) is 11.3. The minimum absolute atomic E-state index is 0.275. The number of benzene rings is 1. The van der Waals surface area contributed by atoms with Gasteiger partial charge in [0.2, 0.25) is 5.91 Å². The van der Waals surface area contributed by atoms with Gasteiger partial charge in [-0.15, -0.1) is 0 Å². The van der Waals surface area contributed by atoms with Crippen molar-refractivity contribution in [3.63, 3.8) is 0 Å². The molecule has 0 saturated carbocycles. The molecule has 0 aromatic heterocycles. The van der Waals surface area contributed by atoms with Crippen LogP contribution in [0.5, 0.6) is 0 Å². The van der Waals surface area contributed by atoms with Crippen LogP contribution in [0.2, 0.25) is 0 Å². The Hall–Kier alpha value is -1.51. The molecule has 3 heteroatoms. The van der Waals surface area contributed by atoms with E-state index in [2.05, 4.69) is 19.9 Å². The highest BCUT2D eigenvalue weighted by atomic mass is 16.2. The summed E-state index contributed by atoms with van der Waals surface area (Å²) < 4.78 is 0. The lowest BCUT2D eigenvalue weighted by Gasteiger charge is -2.29. The molecule has 18 heavy (non-hydrogen) atoms. The fraction of sp³-hybridized carbons (Fsp3) is 0.533. The Balaban J connectivity index is 2.00. The predicted molar refractivity (Wildman–Crippen MR) is 74.0 cm³/mol. The van der Waals surface area contributed by atoms with E-state index >= 15 is 0 Å². The molecule has 0 atom stereocenters. The molecule has 3 nitrogen and oxygen atoms in total. The number of anilines is 1. The van der Waals surface area contributed by atoms with Crippen LogP contribution in [0.3, 0.4) is 0 Å². The summed E-state index contributed by atoms with van der Waals surface area (Å²) in [7, 11) is 0. The van der Waals surface area contributed by atoms with Crippen LogP contribution >= 0.6 is 0 Å². The van der Waals surface area contributed by atoms with Crippen LogP contribution in [-0.4, -0.2) is 17.4 Å². The van der Waals surface area contributed by atoms with E-state index < -0.39 is 0 Å². The molecule has 0 unspecified atom stereocenters. The van der Waals surface area contributed by atoms with E-state index in [-0.39, 0.29) is 5.91 Å². The molecule has 1 aliphatic rings. The van der Waals surface area contributed by atoms with Gasteiger partial charge in [-0.25, -0.2) is 0 Å². The van der Waals surface area contributed by atoms with E-state index in [1.165, 1.54) is 11.1 Å². The number of nitrogens with zero attached hydrogens (tertiary/aromatic N) is 1. The van der Waals surface area contributed by atoms with Crippen molar-refractivity contribution >= 4 is 11.6 Å². The van der Waals surface area contributed by atoms with Crippen LogP contribution < -0.4 is 5.73 Å². The lowest BCUT2D eigenvalue weighted by molar-refractivity contribution is -0.132. The van der Waals surface area contributed by atoms with Crippen molar-refractivity contribution in [2.75, 3.05) is 12.3 Å². The van der Waals surface area contributed by atoms with Gasteiger partial charge in [0.1, 0.15) is 0 Å². The molecule has 0 bridgehead atoms. The summed E-state index contributed by atoms with van der Waals surface area (Å²) in [5.41, 5.74) is 9.12. The summed E-state index contributed by atoms with van der Waals surface area (Å²) in [5.74, 6) is 0.860. The van der Waals surface area contributed by atoms with Crippen LogP contribution in [0.4, 0.5) is 5.69 Å². The summed E-state index contributed by atoms with van der Waals surface area (Å²) in [6.45, 7) is 5.87. The second-order valence-electron chi connectivity index (χ2n) is 5.53. The predicted octanol–water partition coefficient (Wildman–Crippen LogP) is 2.59. The van der Waals surface area contributed by atoms with Crippen molar-refractivity contribution in [3.05, 3.63) is 29.3 Å². The third kappa shape index (κ3) is 3.03. The van der Waals surface area contributed by atoms with Crippen molar-refractivity contribution in [1.82, 2.24) is 4.90 Å². The number of hydrogen-bond donors (Lipinski definition) is 1. The normalized spacial score (nSPS) is 14.7. The molecular weight excluding hydrogens is 224 g/mol. The molecule has 1 aromatic carbocycles. The largest absolute Gasteiger partial charge is 0.399 e. The number of hydrogen-bond acceptors (Lipinski definition) is 2. The van der Waals surface area contributed by atoms with Gasteiger partial charge in [-0.1, -0.05) is 19.9 Å². The van der Waals surface area contributed by atoms with Gasteiger partial charge < -0.3 is 10.6 Å². The van der Waals surface area contributed by atoms with Gasteiger partial charge in [-0.2, -0.15) is 0 Å². The maximum Gasteiger partial charge on any atom is 0.222 e. The SMILES string of the molecule is CC(C)CCC(=O)N1CCc2ccc(N)cc2C1. The topological polar surface area (TPSA) is 46.3 Å². The molecule has 0 fully saturated rings. The summed E-state index contributed by atoms with van der Waals surface area (Å²) in [4.78, 5) is 14.1. The number of carbonyl (C=O) groups is 1. The number of rotatable bonds is 3. The molecule has 1 amide bonds. The van der Waals surface area contributed by atoms with Crippen molar-refractivity contribution in [1.29, 1.82) is 0 Å². The standard InChI is InChI=1S/C15H22N2O/c1-11(2)3-6-15(18)17-8-7-12-4-5-14(16)9-13(12)10-17/h4-5,9,11H,3,6-8,10,16H2,1-2H3. The van der Waals surface area contributed by atoms with Gasteiger partial charge in [0.15, 0.2) is 0 Å². The van der Waals surface area contributed by atoms with E-state index in [1.807, 2.05) is 17.0 Å². The molecule has 2 N–H and O–H groups in total. The summed E-state index contributed by atoms with van der Waals surface area (Å²) in [6, 6.07) is 6.02. The number of fused-ring (bicyclic) bond motifs is 1. The Morgan fingerprint density at radius 2 is 2.17 bits per heavy atom. The van der Waals surface area contributed by atoms with Gasteiger partial charge >= 0.3 is 0 Å². The molecule has 0 radical (unpaired) electrons. The maximum absolute atomic E-state index is 12.1. The maximum atomic E-state index is 12.1. The zero-order chi connectivity index (χ0) is 13.1. The minimum Gasteiger partial charge on any atom is -0.399 e. The summed E-state index contributed by atoms with van der Waals surface area (Å²) in [5, 5.41) is 0. The highest BCUT2D eigenvalue weighted by molar-refractivity contribution is 5.76. The van der Waals surface area contributed by atoms with Crippen molar-refractivity contribution < 1.29 is 4.79 Å². The Kier molecular flexibility index (Phi) is 3.90. The average molecular weight is 246 g/mol. The van der Waals surface area contributed by atoms with E-state index in [0.717, 1.165) is 31.6 Å². The molecule has 1 aliphatic heterocycles. The number of nitrogens with two attached hydrogens (primary N) is 1.